The van der Waals surface area contributed by atoms with Gasteiger partial charge in [0.2, 0.25) is 11.8 Å². The van der Waals surface area contributed by atoms with Crippen molar-refractivity contribution in [3.63, 3.8) is 0 Å². The number of nitrogens with zero attached hydrogens (tertiary/aromatic N) is 3. The standard InChI is InChI=1S/C28H39Cl2N3O4/c1-27(2,3)17-37-26(36)31(5)23-16-33(15-20(23)19-6-7-21(29)22(30)14-19)24(34)18-8-12-32(13-9-18)25(35)28(4)10-11-28/h6-7,14,18,20,23H,8-13,15-17H2,1-5H3. The van der Waals surface area contributed by atoms with E-state index in [0.717, 1.165) is 18.4 Å². The van der Waals surface area contributed by atoms with Crippen molar-refractivity contribution in [2.45, 2.75) is 65.3 Å². The van der Waals surface area contributed by atoms with Gasteiger partial charge in [-0.05, 0) is 48.8 Å². The summed E-state index contributed by atoms with van der Waals surface area (Å²) in [5, 5.41) is 0.911. The van der Waals surface area contributed by atoms with Crippen molar-refractivity contribution in [3.8, 4) is 0 Å². The maximum absolute atomic E-state index is 13.6. The summed E-state index contributed by atoms with van der Waals surface area (Å²) in [7, 11) is 1.73. The third kappa shape index (κ3) is 6.36. The molecule has 2 saturated heterocycles. The number of piperidine rings is 1. The zero-order valence-electron chi connectivity index (χ0n) is 22.6. The molecular formula is C28H39Cl2N3O4. The Labute approximate surface area is 230 Å². The summed E-state index contributed by atoms with van der Waals surface area (Å²) in [6, 6.07) is 5.24. The van der Waals surface area contributed by atoms with E-state index in [9.17, 15) is 14.4 Å². The van der Waals surface area contributed by atoms with Gasteiger partial charge in [-0.25, -0.2) is 4.79 Å². The van der Waals surface area contributed by atoms with Crippen LogP contribution in [-0.2, 0) is 14.3 Å². The number of carbonyl (C=O) groups is 3. The van der Waals surface area contributed by atoms with E-state index < -0.39 is 6.09 Å². The van der Waals surface area contributed by atoms with Crippen molar-refractivity contribution < 1.29 is 19.1 Å². The second-order valence-electron chi connectivity index (χ2n) is 12.4. The highest BCUT2D eigenvalue weighted by molar-refractivity contribution is 6.42. The van der Waals surface area contributed by atoms with Crippen molar-refractivity contribution in [2.75, 3.05) is 39.8 Å². The number of hydrogen-bond acceptors (Lipinski definition) is 4. The fourth-order valence-electron chi connectivity index (χ4n) is 5.32. The molecule has 3 amide bonds. The molecule has 2 heterocycles. The summed E-state index contributed by atoms with van der Waals surface area (Å²) in [5.41, 5.74) is 0.603. The van der Waals surface area contributed by atoms with Gasteiger partial charge in [-0.15, -0.1) is 0 Å². The molecule has 3 fully saturated rings. The van der Waals surface area contributed by atoms with Crippen LogP contribution in [0.3, 0.4) is 0 Å². The molecule has 204 valence electrons. The van der Waals surface area contributed by atoms with E-state index in [-0.39, 0.29) is 40.5 Å². The summed E-state index contributed by atoms with van der Waals surface area (Å²) in [5.74, 6) is 0.0771. The molecule has 2 aliphatic heterocycles. The third-order valence-electron chi connectivity index (χ3n) is 8.03. The first-order valence-electron chi connectivity index (χ1n) is 13.2. The number of carbonyl (C=O) groups excluding carboxylic acids is 3. The summed E-state index contributed by atoms with van der Waals surface area (Å²) in [4.78, 5) is 44.7. The highest BCUT2D eigenvalue weighted by Gasteiger charge is 2.48. The lowest BCUT2D eigenvalue weighted by atomic mass is 9.93. The molecule has 37 heavy (non-hydrogen) atoms. The van der Waals surface area contributed by atoms with Crippen LogP contribution in [0.4, 0.5) is 4.79 Å². The van der Waals surface area contributed by atoms with Crippen LogP contribution in [0.5, 0.6) is 0 Å². The Balaban J connectivity index is 1.46. The van der Waals surface area contributed by atoms with Gasteiger partial charge in [-0.1, -0.05) is 57.0 Å². The number of rotatable bonds is 5. The lowest BCUT2D eigenvalue weighted by Gasteiger charge is -2.34. The van der Waals surface area contributed by atoms with Crippen LogP contribution in [-0.4, -0.2) is 78.5 Å². The lowest BCUT2D eigenvalue weighted by molar-refractivity contribution is -0.142. The van der Waals surface area contributed by atoms with Crippen molar-refractivity contribution in [1.82, 2.24) is 14.7 Å². The molecule has 1 aromatic carbocycles. The molecule has 1 aliphatic carbocycles. The van der Waals surface area contributed by atoms with E-state index in [1.165, 1.54) is 0 Å². The number of likely N-dealkylation sites (N-methyl/N-ethyl adjacent to an activating group) is 1. The number of benzene rings is 1. The van der Waals surface area contributed by atoms with E-state index in [1.807, 2.05) is 49.6 Å². The second-order valence-corrected chi connectivity index (χ2v) is 13.3. The molecule has 2 atom stereocenters. The lowest BCUT2D eigenvalue weighted by Crippen LogP contribution is -2.46. The van der Waals surface area contributed by atoms with Crippen LogP contribution in [0.1, 0.15) is 64.9 Å². The first-order chi connectivity index (χ1) is 17.3. The zero-order chi connectivity index (χ0) is 27.1. The van der Waals surface area contributed by atoms with Crippen molar-refractivity contribution >= 4 is 41.1 Å². The molecule has 9 heteroatoms. The van der Waals surface area contributed by atoms with Crippen LogP contribution in [0.15, 0.2) is 18.2 Å². The Morgan fingerprint density at radius 1 is 1.05 bits per heavy atom. The maximum Gasteiger partial charge on any atom is 0.409 e. The average Bonchev–Trinajstić information content (AvgIpc) is 3.46. The molecule has 0 aromatic heterocycles. The smallest absolute Gasteiger partial charge is 0.409 e. The summed E-state index contributed by atoms with van der Waals surface area (Å²) >= 11 is 12.5. The Kier molecular flexibility index (Phi) is 8.06. The van der Waals surface area contributed by atoms with Gasteiger partial charge in [0.15, 0.2) is 0 Å². The van der Waals surface area contributed by atoms with Crippen molar-refractivity contribution in [3.05, 3.63) is 33.8 Å². The summed E-state index contributed by atoms with van der Waals surface area (Å²) < 4.78 is 5.59. The molecule has 4 rings (SSSR count). The first-order valence-corrected chi connectivity index (χ1v) is 14.0. The molecule has 1 aromatic rings. The Bertz CT molecular complexity index is 1040. The molecule has 0 bridgehead atoms. The normalized spacial score (nSPS) is 23.6. The second kappa shape index (κ2) is 10.6. The van der Waals surface area contributed by atoms with Crippen LogP contribution >= 0.6 is 23.2 Å². The molecule has 0 spiro atoms. The highest BCUT2D eigenvalue weighted by atomic mass is 35.5. The van der Waals surface area contributed by atoms with Crippen LogP contribution < -0.4 is 0 Å². The fraction of sp³-hybridized carbons (Fsp3) is 0.679. The van der Waals surface area contributed by atoms with E-state index in [4.69, 9.17) is 27.9 Å². The average molecular weight is 553 g/mol. The summed E-state index contributed by atoms with van der Waals surface area (Å²) in [6.45, 7) is 10.5. The number of halogens is 2. The molecule has 3 aliphatic rings. The maximum atomic E-state index is 13.6. The fourth-order valence-corrected chi connectivity index (χ4v) is 5.62. The predicted octanol–water partition coefficient (Wildman–Crippen LogP) is 5.44. The molecular weight excluding hydrogens is 513 g/mol. The predicted molar refractivity (Wildman–Crippen MR) is 145 cm³/mol. The van der Waals surface area contributed by atoms with Crippen molar-refractivity contribution in [1.29, 1.82) is 0 Å². The first kappa shape index (κ1) is 28.0. The Morgan fingerprint density at radius 3 is 2.27 bits per heavy atom. The molecule has 0 radical (unpaired) electrons. The Morgan fingerprint density at radius 2 is 1.70 bits per heavy atom. The van der Waals surface area contributed by atoms with E-state index in [1.54, 1.807) is 18.0 Å². The van der Waals surface area contributed by atoms with E-state index >= 15 is 0 Å². The minimum atomic E-state index is -0.403. The quantitative estimate of drug-likeness (QED) is 0.488. The minimum Gasteiger partial charge on any atom is -0.449 e. The molecule has 7 nitrogen and oxygen atoms in total. The van der Waals surface area contributed by atoms with Crippen LogP contribution in [0, 0.1) is 16.7 Å². The third-order valence-corrected chi connectivity index (χ3v) is 8.77. The van der Waals surface area contributed by atoms with Crippen molar-refractivity contribution in [2.24, 2.45) is 16.7 Å². The SMILES string of the molecule is CN(C(=O)OCC(C)(C)C)C1CN(C(=O)C2CCN(C(=O)C3(C)CC3)CC2)CC1c1ccc(Cl)c(Cl)c1. The molecule has 1 saturated carbocycles. The van der Waals surface area contributed by atoms with Crippen LogP contribution in [0.2, 0.25) is 10.0 Å². The molecule has 2 unspecified atom stereocenters. The largest absolute Gasteiger partial charge is 0.449 e. The van der Waals surface area contributed by atoms with Gasteiger partial charge >= 0.3 is 6.09 Å². The number of hydrogen-bond donors (Lipinski definition) is 0. The summed E-state index contributed by atoms with van der Waals surface area (Å²) in [6.07, 6.45) is 2.86. The molecule has 0 N–H and O–H groups in total. The minimum absolute atomic E-state index is 0.0914. The van der Waals surface area contributed by atoms with Gasteiger partial charge in [-0.3, -0.25) is 9.59 Å². The monoisotopic (exact) mass is 551 g/mol. The topological polar surface area (TPSA) is 70.2 Å². The number of likely N-dealkylation sites (tertiary alicyclic amines) is 2. The van der Waals surface area contributed by atoms with Gasteiger partial charge in [-0.2, -0.15) is 0 Å². The highest BCUT2D eigenvalue weighted by Crippen LogP contribution is 2.47. The zero-order valence-corrected chi connectivity index (χ0v) is 24.1. The van der Waals surface area contributed by atoms with Gasteiger partial charge in [0.25, 0.3) is 0 Å². The van der Waals surface area contributed by atoms with Gasteiger partial charge in [0.1, 0.15) is 0 Å². The number of amides is 3. The number of ether oxygens (including phenoxy) is 1. The van der Waals surface area contributed by atoms with E-state index in [2.05, 4.69) is 0 Å². The van der Waals surface area contributed by atoms with Gasteiger partial charge < -0.3 is 19.4 Å². The van der Waals surface area contributed by atoms with E-state index in [0.29, 0.717) is 55.7 Å². The van der Waals surface area contributed by atoms with Gasteiger partial charge in [0, 0.05) is 50.5 Å². The van der Waals surface area contributed by atoms with Gasteiger partial charge in [0.05, 0.1) is 22.7 Å². The van der Waals surface area contributed by atoms with Crippen LogP contribution in [0.25, 0.3) is 0 Å². The Hall–Kier alpha value is -1.99.